The highest BCUT2D eigenvalue weighted by molar-refractivity contribution is 5.73. The number of hydrogen-bond acceptors (Lipinski definition) is 5. The van der Waals surface area contributed by atoms with E-state index in [0.29, 0.717) is 6.54 Å². The van der Waals surface area contributed by atoms with Crippen molar-refractivity contribution in [2.75, 3.05) is 13.2 Å². The van der Waals surface area contributed by atoms with Gasteiger partial charge in [0.05, 0.1) is 24.8 Å². The third-order valence-corrected chi connectivity index (χ3v) is 3.39. The quantitative estimate of drug-likeness (QED) is 0.494. The fraction of sp³-hybridized carbons (Fsp3) is 0.917. The Bertz CT molecular complexity index is 303. The second kappa shape index (κ2) is 5.52. The van der Waals surface area contributed by atoms with Crippen molar-refractivity contribution in [1.82, 2.24) is 10.2 Å². The first-order valence-corrected chi connectivity index (χ1v) is 6.19. The number of likely N-dealkylation sites (tertiary alicyclic amines) is 1. The number of nitrogens with zero attached hydrogens (tertiary/aromatic N) is 1. The molecule has 1 amide bonds. The zero-order valence-electron chi connectivity index (χ0n) is 11.4. The van der Waals surface area contributed by atoms with Gasteiger partial charge in [0.1, 0.15) is 6.10 Å². The van der Waals surface area contributed by atoms with Crippen LogP contribution in [0.5, 0.6) is 0 Å². The maximum absolute atomic E-state index is 11.1. The van der Waals surface area contributed by atoms with Crippen molar-refractivity contribution in [1.29, 1.82) is 0 Å². The Kier molecular flexibility index (Phi) is 4.72. The number of aliphatic hydroxyl groups is 3. The number of carbonyl (C=O) groups excluding carboxylic acids is 1. The van der Waals surface area contributed by atoms with E-state index in [1.54, 1.807) is 0 Å². The molecule has 0 saturated carbocycles. The van der Waals surface area contributed by atoms with Crippen LogP contribution in [0.3, 0.4) is 0 Å². The third-order valence-electron chi connectivity index (χ3n) is 3.39. The molecular formula is C12H24N2O4. The average Bonchev–Trinajstić information content (AvgIpc) is 2.22. The molecule has 0 radical (unpaired) electrons. The summed E-state index contributed by atoms with van der Waals surface area (Å²) in [6.07, 6.45) is -2.15. The van der Waals surface area contributed by atoms with Gasteiger partial charge in [0.2, 0.25) is 5.91 Å². The van der Waals surface area contributed by atoms with E-state index in [2.05, 4.69) is 5.32 Å². The van der Waals surface area contributed by atoms with Crippen LogP contribution in [-0.2, 0) is 4.79 Å². The van der Waals surface area contributed by atoms with Crippen molar-refractivity contribution >= 4 is 5.91 Å². The van der Waals surface area contributed by atoms with Gasteiger partial charge in [-0.15, -0.1) is 0 Å². The summed E-state index contributed by atoms with van der Waals surface area (Å²) in [6, 6.07) is -1.05. The largest absolute Gasteiger partial charge is 0.395 e. The third kappa shape index (κ3) is 3.20. The zero-order valence-corrected chi connectivity index (χ0v) is 11.4. The average molecular weight is 260 g/mol. The number of rotatable bonds is 2. The maximum Gasteiger partial charge on any atom is 0.217 e. The van der Waals surface area contributed by atoms with Crippen LogP contribution in [0.4, 0.5) is 0 Å². The van der Waals surface area contributed by atoms with Crippen molar-refractivity contribution in [2.45, 2.75) is 57.5 Å². The summed E-state index contributed by atoms with van der Waals surface area (Å²) in [6.45, 7) is 7.42. The molecule has 0 spiro atoms. The molecule has 1 fully saturated rings. The van der Waals surface area contributed by atoms with Gasteiger partial charge in [-0.3, -0.25) is 9.69 Å². The van der Waals surface area contributed by atoms with Crippen LogP contribution in [0.1, 0.15) is 27.7 Å². The number of amides is 1. The van der Waals surface area contributed by atoms with Crippen LogP contribution < -0.4 is 5.32 Å². The Hall–Kier alpha value is -0.690. The van der Waals surface area contributed by atoms with E-state index in [4.69, 9.17) is 0 Å². The number of piperidine rings is 1. The van der Waals surface area contributed by atoms with Crippen LogP contribution in [-0.4, -0.2) is 69.1 Å². The second-order valence-corrected chi connectivity index (χ2v) is 5.86. The summed E-state index contributed by atoms with van der Waals surface area (Å²) in [4.78, 5) is 13.0. The molecule has 1 rings (SSSR count). The van der Waals surface area contributed by atoms with E-state index in [0.717, 1.165) is 0 Å². The van der Waals surface area contributed by atoms with E-state index in [1.807, 2.05) is 25.7 Å². The first kappa shape index (κ1) is 15.4. The standard InChI is InChI=1S/C12H24N2O4/c1-7(16)13-8-5-14(12(2,3)4)9(6-15)11(18)10(8)17/h8-11,15,17-18H,5-6H2,1-4H3,(H,13,16)/t8?,9?,10?,11-/m0/s1. The molecule has 0 aliphatic carbocycles. The minimum atomic E-state index is -1.08. The lowest BCUT2D eigenvalue weighted by atomic mass is 9.88. The van der Waals surface area contributed by atoms with Gasteiger partial charge >= 0.3 is 0 Å². The first-order chi connectivity index (χ1) is 8.18. The summed E-state index contributed by atoms with van der Waals surface area (Å²) >= 11 is 0. The van der Waals surface area contributed by atoms with Crippen molar-refractivity contribution in [3.05, 3.63) is 0 Å². The number of aliphatic hydroxyl groups excluding tert-OH is 3. The molecule has 1 heterocycles. The fourth-order valence-corrected chi connectivity index (χ4v) is 2.48. The molecule has 1 aliphatic heterocycles. The summed E-state index contributed by atoms with van der Waals surface area (Å²) < 4.78 is 0. The fourth-order valence-electron chi connectivity index (χ4n) is 2.48. The van der Waals surface area contributed by atoms with Gasteiger partial charge in [-0.05, 0) is 20.8 Å². The van der Waals surface area contributed by atoms with E-state index in [1.165, 1.54) is 6.92 Å². The van der Waals surface area contributed by atoms with Gasteiger partial charge in [-0.25, -0.2) is 0 Å². The van der Waals surface area contributed by atoms with Crippen molar-refractivity contribution < 1.29 is 20.1 Å². The van der Waals surface area contributed by atoms with Crippen LogP contribution in [0.25, 0.3) is 0 Å². The molecule has 1 saturated heterocycles. The second-order valence-electron chi connectivity index (χ2n) is 5.86. The molecule has 0 bridgehead atoms. The van der Waals surface area contributed by atoms with Gasteiger partial charge < -0.3 is 20.6 Å². The minimum absolute atomic E-state index is 0.234. The van der Waals surface area contributed by atoms with E-state index in [-0.39, 0.29) is 18.1 Å². The van der Waals surface area contributed by atoms with E-state index < -0.39 is 24.3 Å². The number of nitrogens with one attached hydrogen (secondary N) is 1. The smallest absolute Gasteiger partial charge is 0.217 e. The van der Waals surface area contributed by atoms with Crippen molar-refractivity contribution in [3.8, 4) is 0 Å². The molecule has 0 aromatic heterocycles. The Balaban J connectivity index is 2.93. The zero-order chi connectivity index (χ0) is 14.1. The van der Waals surface area contributed by atoms with Crippen molar-refractivity contribution in [2.24, 2.45) is 0 Å². The van der Waals surface area contributed by atoms with Crippen LogP contribution in [0, 0.1) is 0 Å². The van der Waals surface area contributed by atoms with Gasteiger partial charge in [0.15, 0.2) is 0 Å². The van der Waals surface area contributed by atoms with Gasteiger partial charge in [0.25, 0.3) is 0 Å². The van der Waals surface area contributed by atoms with Crippen LogP contribution in [0.15, 0.2) is 0 Å². The van der Waals surface area contributed by atoms with Gasteiger partial charge in [0, 0.05) is 19.0 Å². The minimum Gasteiger partial charge on any atom is -0.395 e. The normalized spacial score (nSPS) is 34.4. The molecule has 1 aliphatic rings. The molecule has 18 heavy (non-hydrogen) atoms. The Morgan fingerprint density at radius 1 is 1.33 bits per heavy atom. The monoisotopic (exact) mass is 260 g/mol. The summed E-state index contributed by atoms with van der Waals surface area (Å²) in [7, 11) is 0. The molecule has 3 unspecified atom stereocenters. The molecule has 0 aromatic carbocycles. The lowest BCUT2D eigenvalue weighted by Gasteiger charge is -2.50. The lowest BCUT2D eigenvalue weighted by Crippen LogP contribution is -2.69. The SMILES string of the molecule is CC(=O)NC1CN(C(C)(C)C)C(CO)[C@H](O)C1O. The summed E-state index contributed by atoms with van der Waals surface area (Å²) in [5, 5.41) is 32.0. The maximum atomic E-state index is 11.1. The molecule has 4 N–H and O–H groups in total. The Morgan fingerprint density at radius 2 is 1.89 bits per heavy atom. The highest BCUT2D eigenvalue weighted by Crippen LogP contribution is 2.26. The summed E-state index contributed by atoms with van der Waals surface area (Å²) in [5.41, 5.74) is -0.273. The molecule has 6 heteroatoms. The van der Waals surface area contributed by atoms with Gasteiger partial charge in [-0.2, -0.15) is 0 Å². The predicted molar refractivity (Wildman–Crippen MR) is 67.0 cm³/mol. The number of carbonyl (C=O) groups is 1. The van der Waals surface area contributed by atoms with Crippen LogP contribution >= 0.6 is 0 Å². The van der Waals surface area contributed by atoms with E-state index >= 15 is 0 Å². The molecule has 106 valence electrons. The highest BCUT2D eigenvalue weighted by Gasteiger charge is 2.45. The number of hydrogen-bond donors (Lipinski definition) is 4. The van der Waals surface area contributed by atoms with Gasteiger partial charge in [-0.1, -0.05) is 0 Å². The molecule has 4 atom stereocenters. The lowest BCUT2D eigenvalue weighted by molar-refractivity contribution is -0.138. The summed E-state index contributed by atoms with van der Waals surface area (Å²) in [5.74, 6) is -0.248. The molecule has 0 aromatic rings. The molecule has 6 nitrogen and oxygen atoms in total. The van der Waals surface area contributed by atoms with Crippen LogP contribution in [0.2, 0.25) is 0 Å². The Labute approximate surface area is 108 Å². The van der Waals surface area contributed by atoms with E-state index in [9.17, 15) is 20.1 Å². The highest BCUT2D eigenvalue weighted by atomic mass is 16.3. The predicted octanol–water partition coefficient (Wildman–Crippen LogP) is -1.31. The Morgan fingerprint density at radius 3 is 2.28 bits per heavy atom. The first-order valence-electron chi connectivity index (χ1n) is 6.19. The van der Waals surface area contributed by atoms with Crippen molar-refractivity contribution in [3.63, 3.8) is 0 Å². The molecular weight excluding hydrogens is 236 g/mol. The topological polar surface area (TPSA) is 93.0 Å².